The van der Waals surface area contributed by atoms with Crippen LogP contribution in [0.25, 0.3) is 4.85 Å². The molecule has 0 aromatic carbocycles. The summed E-state index contributed by atoms with van der Waals surface area (Å²) in [6.45, 7) is 8.46. The van der Waals surface area contributed by atoms with Crippen LogP contribution in [-0.2, 0) is 9.59 Å². The first kappa shape index (κ1) is 9.93. The molecule has 0 unspecified atom stereocenters. The van der Waals surface area contributed by atoms with Gasteiger partial charge in [0.25, 0.3) is 0 Å². The zero-order valence-electron chi connectivity index (χ0n) is 7.44. The standard InChI is InChI=1S/C10H7NO3/c1-3-6-4-7(10(13)14)9(12)5-8(6)11-2/h3-5H,1H3,(H,13,14). The Labute approximate surface area is 80.7 Å². The number of hydrogen-bond acceptors (Lipinski definition) is 2. The second-order valence-electron chi connectivity index (χ2n) is 2.61. The van der Waals surface area contributed by atoms with Gasteiger partial charge < -0.3 is 5.11 Å². The van der Waals surface area contributed by atoms with Gasteiger partial charge in [-0.05, 0) is 24.6 Å². The Morgan fingerprint density at radius 3 is 2.64 bits per heavy atom. The number of aliphatic carboxylic acids is 1. The van der Waals surface area contributed by atoms with Crippen molar-refractivity contribution in [1.29, 1.82) is 0 Å². The minimum absolute atomic E-state index is 0.183. The normalized spacial score (nSPS) is 18.6. The molecule has 1 aliphatic rings. The summed E-state index contributed by atoms with van der Waals surface area (Å²) >= 11 is 0. The van der Waals surface area contributed by atoms with Crippen molar-refractivity contribution in [2.45, 2.75) is 6.92 Å². The van der Waals surface area contributed by atoms with Gasteiger partial charge in [0.05, 0.1) is 6.57 Å². The van der Waals surface area contributed by atoms with Crippen LogP contribution in [0.2, 0.25) is 0 Å². The summed E-state index contributed by atoms with van der Waals surface area (Å²) in [4.78, 5) is 24.9. The lowest BCUT2D eigenvalue weighted by atomic mass is 9.98. The van der Waals surface area contributed by atoms with Crippen molar-refractivity contribution >= 4 is 11.8 Å². The van der Waals surface area contributed by atoms with Crippen molar-refractivity contribution < 1.29 is 14.7 Å². The van der Waals surface area contributed by atoms with Crippen LogP contribution >= 0.6 is 0 Å². The van der Waals surface area contributed by atoms with E-state index in [1.165, 1.54) is 6.08 Å². The maximum Gasteiger partial charge on any atom is 0.339 e. The SMILES string of the molecule is [C-]#[N+]C1=CC(=O)C(C(=O)O)=CC1=CC. The maximum absolute atomic E-state index is 11.2. The first-order valence-corrected chi connectivity index (χ1v) is 3.85. The highest BCUT2D eigenvalue weighted by atomic mass is 16.4. The number of carbonyl (C=O) groups is 2. The summed E-state index contributed by atoms with van der Waals surface area (Å²) in [5, 5.41) is 8.66. The number of hydrogen-bond donors (Lipinski definition) is 1. The molecule has 1 rings (SSSR count). The van der Waals surface area contributed by atoms with Crippen LogP contribution in [-0.4, -0.2) is 16.9 Å². The van der Waals surface area contributed by atoms with E-state index in [9.17, 15) is 9.59 Å². The number of rotatable bonds is 1. The average Bonchev–Trinajstić information content (AvgIpc) is 2.16. The van der Waals surface area contributed by atoms with E-state index >= 15 is 0 Å². The van der Waals surface area contributed by atoms with Crippen LogP contribution in [0.1, 0.15) is 6.92 Å². The molecule has 0 radical (unpaired) electrons. The molecule has 70 valence electrons. The lowest BCUT2D eigenvalue weighted by molar-refractivity contribution is -0.134. The maximum atomic E-state index is 11.2. The first-order chi connectivity index (χ1) is 6.60. The molecule has 1 aliphatic carbocycles. The largest absolute Gasteiger partial charge is 0.478 e. The minimum Gasteiger partial charge on any atom is -0.478 e. The Hall–Kier alpha value is -2.15. The highest BCUT2D eigenvalue weighted by Gasteiger charge is 2.21. The predicted octanol–water partition coefficient (Wildman–Crippen LogP) is 1.33. The van der Waals surface area contributed by atoms with Crippen LogP contribution in [0.15, 0.2) is 35.1 Å². The number of carbonyl (C=O) groups excluding carboxylic acids is 1. The molecular weight excluding hydrogens is 182 g/mol. The van der Waals surface area contributed by atoms with Crippen molar-refractivity contribution in [1.82, 2.24) is 0 Å². The topological polar surface area (TPSA) is 58.7 Å². The molecule has 0 aromatic rings. The predicted molar refractivity (Wildman–Crippen MR) is 49.2 cm³/mol. The number of nitrogens with zero attached hydrogens (tertiary/aromatic N) is 1. The third kappa shape index (κ3) is 1.62. The van der Waals surface area contributed by atoms with E-state index in [1.807, 2.05) is 0 Å². The first-order valence-electron chi connectivity index (χ1n) is 3.85. The molecule has 0 heterocycles. The van der Waals surface area contributed by atoms with Crippen LogP contribution in [0.5, 0.6) is 0 Å². The fourth-order valence-corrected chi connectivity index (χ4v) is 1.08. The van der Waals surface area contributed by atoms with E-state index in [2.05, 4.69) is 4.85 Å². The third-order valence-corrected chi connectivity index (χ3v) is 1.79. The van der Waals surface area contributed by atoms with Gasteiger partial charge in [0.2, 0.25) is 0 Å². The van der Waals surface area contributed by atoms with Crippen molar-refractivity contribution in [2.24, 2.45) is 0 Å². The summed E-state index contributed by atoms with van der Waals surface area (Å²) in [6.07, 6.45) is 3.86. The Morgan fingerprint density at radius 2 is 2.21 bits per heavy atom. The second-order valence-corrected chi connectivity index (χ2v) is 2.61. The smallest absolute Gasteiger partial charge is 0.339 e. The van der Waals surface area contributed by atoms with Crippen molar-refractivity contribution in [3.8, 4) is 0 Å². The van der Waals surface area contributed by atoms with Crippen molar-refractivity contribution in [3.63, 3.8) is 0 Å². The highest BCUT2D eigenvalue weighted by molar-refractivity contribution is 6.23. The van der Waals surface area contributed by atoms with Gasteiger partial charge in [0, 0.05) is 0 Å². The minimum atomic E-state index is -1.27. The molecule has 0 bridgehead atoms. The molecule has 4 nitrogen and oxygen atoms in total. The molecule has 14 heavy (non-hydrogen) atoms. The van der Waals surface area contributed by atoms with Gasteiger partial charge in [-0.25, -0.2) is 9.64 Å². The van der Waals surface area contributed by atoms with Crippen LogP contribution in [0, 0.1) is 6.57 Å². The van der Waals surface area contributed by atoms with Gasteiger partial charge in [0.1, 0.15) is 5.57 Å². The molecule has 0 saturated heterocycles. The van der Waals surface area contributed by atoms with Gasteiger partial charge in [-0.15, -0.1) is 0 Å². The summed E-state index contributed by atoms with van der Waals surface area (Å²) in [6, 6.07) is 0. The van der Waals surface area contributed by atoms with Crippen LogP contribution in [0.4, 0.5) is 0 Å². The summed E-state index contributed by atoms with van der Waals surface area (Å²) in [5.74, 6) is -1.90. The zero-order chi connectivity index (χ0) is 10.7. The van der Waals surface area contributed by atoms with Crippen molar-refractivity contribution in [2.75, 3.05) is 0 Å². The molecule has 0 aromatic heterocycles. The van der Waals surface area contributed by atoms with Crippen LogP contribution < -0.4 is 0 Å². The number of ketones is 1. The second kappa shape index (κ2) is 3.71. The molecule has 0 spiro atoms. The Bertz CT molecular complexity index is 433. The van der Waals surface area contributed by atoms with E-state index in [1.54, 1.807) is 13.0 Å². The van der Waals surface area contributed by atoms with E-state index < -0.39 is 11.8 Å². The molecule has 1 N–H and O–H groups in total. The van der Waals surface area contributed by atoms with E-state index in [0.29, 0.717) is 5.57 Å². The molecule has 0 aliphatic heterocycles. The van der Waals surface area contributed by atoms with Gasteiger partial charge in [-0.1, -0.05) is 6.08 Å². The molecule has 0 atom stereocenters. The highest BCUT2D eigenvalue weighted by Crippen LogP contribution is 2.21. The Morgan fingerprint density at radius 1 is 1.57 bits per heavy atom. The number of carboxylic acid groups (broad SMARTS) is 1. The molecule has 4 heteroatoms. The third-order valence-electron chi connectivity index (χ3n) is 1.79. The molecule has 0 amide bonds. The molecule has 0 fully saturated rings. The van der Waals surface area contributed by atoms with Gasteiger partial charge in [0.15, 0.2) is 11.5 Å². The molecular formula is C10H7NO3. The number of carboxylic acids is 1. The lowest BCUT2D eigenvalue weighted by Gasteiger charge is -2.07. The Balaban J connectivity index is 3.23. The fraction of sp³-hybridized carbons (Fsp3) is 0.100. The lowest BCUT2D eigenvalue weighted by Crippen LogP contribution is -2.14. The average molecular weight is 189 g/mol. The number of allylic oxidation sites excluding steroid dienone is 3. The van der Waals surface area contributed by atoms with Crippen LogP contribution in [0.3, 0.4) is 0 Å². The van der Waals surface area contributed by atoms with E-state index in [4.69, 9.17) is 11.7 Å². The fourth-order valence-electron chi connectivity index (χ4n) is 1.08. The van der Waals surface area contributed by atoms with E-state index in [-0.39, 0.29) is 11.3 Å². The van der Waals surface area contributed by atoms with Gasteiger partial charge >= 0.3 is 5.97 Å². The monoisotopic (exact) mass is 189 g/mol. The van der Waals surface area contributed by atoms with Crippen molar-refractivity contribution in [3.05, 3.63) is 46.5 Å². The molecule has 0 saturated carbocycles. The van der Waals surface area contributed by atoms with Gasteiger partial charge in [-0.3, -0.25) is 4.79 Å². The summed E-state index contributed by atoms with van der Waals surface area (Å²) in [7, 11) is 0. The summed E-state index contributed by atoms with van der Waals surface area (Å²) in [5.41, 5.74) is 0.352. The quantitative estimate of drug-likeness (QED) is 0.500. The van der Waals surface area contributed by atoms with Gasteiger partial charge in [-0.2, -0.15) is 0 Å². The zero-order valence-corrected chi connectivity index (χ0v) is 7.44. The summed E-state index contributed by atoms with van der Waals surface area (Å²) < 4.78 is 0. The van der Waals surface area contributed by atoms with E-state index in [0.717, 1.165) is 6.08 Å². The Kier molecular flexibility index (Phi) is 2.63.